The van der Waals surface area contributed by atoms with Gasteiger partial charge in [0, 0.05) is 6.42 Å². The standard InChI is InChI=1S/C14H18O2/c1-2-10-8-9-12(15)13(10)14(16)11-6-4-3-5-7-11/h3-7,10,13-14,16H,2,8-9H2,1H3/t10-,13+,14+/m0/s1. The van der Waals surface area contributed by atoms with Gasteiger partial charge in [0.2, 0.25) is 0 Å². The van der Waals surface area contributed by atoms with Gasteiger partial charge in [0.15, 0.2) is 0 Å². The fourth-order valence-electron chi connectivity index (χ4n) is 2.69. The summed E-state index contributed by atoms with van der Waals surface area (Å²) < 4.78 is 0. The van der Waals surface area contributed by atoms with Gasteiger partial charge in [-0.25, -0.2) is 0 Å². The predicted molar refractivity (Wildman–Crippen MR) is 62.9 cm³/mol. The second kappa shape index (κ2) is 4.79. The number of carbonyl (C=O) groups is 1. The normalized spacial score (nSPS) is 27.0. The molecule has 0 aliphatic heterocycles. The second-order valence-corrected chi connectivity index (χ2v) is 4.55. The lowest BCUT2D eigenvalue weighted by Gasteiger charge is -2.22. The molecule has 3 atom stereocenters. The van der Waals surface area contributed by atoms with Gasteiger partial charge < -0.3 is 5.11 Å². The van der Waals surface area contributed by atoms with Crippen LogP contribution in [-0.4, -0.2) is 10.9 Å². The Bertz CT molecular complexity index is 358. The van der Waals surface area contributed by atoms with E-state index in [9.17, 15) is 9.90 Å². The summed E-state index contributed by atoms with van der Waals surface area (Å²) in [5, 5.41) is 10.3. The average Bonchev–Trinajstić information content (AvgIpc) is 2.70. The Morgan fingerprint density at radius 2 is 2.06 bits per heavy atom. The summed E-state index contributed by atoms with van der Waals surface area (Å²) in [6.07, 6.45) is 1.92. The number of ketones is 1. The summed E-state index contributed by atoms with van der Waals surface area (Å²) >= 11 is 0. The fourth-order valence-corrected chi connectivity index (χ4v) is 2.69. The molecule has 1 aromatic rings. The summed E-state index contributed by atoms with van der Waals surface area (Å²) in [5.74, 6) is 0.387. The van der Waals surface area contributed by atoms with E-state index in [-0.39, 0.29) is 11.7 Å². The Labute approximate surface area is 96.3 Å². The molecule has 1 aliphatic rings. The van der Waals surface area contributed by atoms with Crippen LogP contribution in [0.25, 0.3) is 0 Å². The molecule has 2 heteroatoms. The number of rotatable bonds is 3. The van der Waals surface area contributed by atoms with Crippen LogP contribution >= 0.6 is 0 Å². The van der Waals surface area contributed by atoms with Crippen LogP contribution in [0.1, 0.15) is 37.9 Å². The van der Waals surface area contributed by atoms with Crippen molar-refractivity contribution in [1.82, 2.24) is 0 Å². The molecule has 0 heterocycles. The Morgan fingerprint density at radius 3 is 2.69 bits per heavy atom. The summed E-state index contributed by atoms with van der Waals surface area (Å²) in [4.78, 5) is 11.8. The molecule has 86 valence electrons. The van der Waals surface area contributed by atoms with Crippen molar-refractivity contribution in [3.63, 3.8) is 0 Å². The molecule has 1 aliphatic carbocycles. The summed E-state index contributed by atoms with van der Waals surface area (Å²) in [5.41, 5.74) is 0.862. The van der Waals surface area contributed by atoms with Crippen molar-refractivity contribution >= 4 is 5.78 Å². The van der Waals surface area contributed by atoms with Crippen molar-refractivity contribution in [2.75, 3.05) is 0 Å². The maximum Gasteiger partial charge on any atom is 0.139 e. The SMILES string of the molecule is CC[C@H]1CCC(=O)[C@@H]1[C@H](O)c1ccccc1. The van der Waals surface area contributed by atoms with Crippen LogP contribution in [0, 0.1) is 11.8 Å². The quantitative estimate of drug-likeness (QED) is 0.847. The highest BCUT2D eigenvalue weighted by molar-refractivity contribution is 5.84. The first kappa shape index (κ1) is 11.3. The summed E-state index contributed by atoms with van der Waals surface area (Å²) in [6, 6.07) is 9.51. The number of Topliss-reactive ketones (excluding diaryl/α,β-unsaturated/α-hetero) is 1. The molecule has 2 nitrogen and oxygen atoms in total. The molecule has 2 rings (SSSR count). The van der Waals surface area contributed by atoms with Gasteiger partial charge in [-0.3, -0.25) is 4.79 Å². The Morgan fingerprint density at radius 1 is 1.38 bits per heavy atom. The molecule has 1 N–H and O–H groups in total. The van der Waals surface area contributed by atoms with Crippen molar-refractivity contribution in [1.29, 1.82) is 0 Å². The number of hydrogen-bond acceptors (Lipinski definition) is 2. The Hall–Kier alpha value is -1.15. The number of benzene rings is 1. The third-order valence-corrected chi connectivity index (χ3v) is 3.65. The van der Waals surface area contributed by atoms with E-state index in [4.69, 9.17) is 0 Å². The molecule has 1 fully saturated rings. The van der Waals surface area contributed by atoms with Gasteiger partial charge in [0.05, 0.1) is 12.0 Å². The zero-order valence-electron chi connectivity index (χ0n) is 9.60. The van der Waals surface area contributed by atoms with E-state index in [0.717, 1.165) is 18.4 Å². The number of hydrogen-bond donors (Lipinski definition) is 1. The molecular weight excluding hydrogens is 200 g/mol. The van der Waals surface area contributed by atoms with Crippen molar-refractivity contribution in [2.24, 2.45) is 11.8 Å². The van der Waals surface area contributed by atoms with Crippen molar-refractivity contribution in [2.45, 2.75) is 32.3 Å². The third kappa shape index (κ3) is 2.03. The lowest BCUT2D eigenvalue weighted by atomic mass is 9.85. The van der Waals surface area contributed by atoms with E-state index in [1.54, 1.807) is 0 Å². The monoisotopic (exact) mass is 218 g/mol. The van der Waals surface area contributed by atoms with Crippen LogP contribution in [0.3, 0.4) is 0 Å². The average molecular weight is 218 g/mol. The highest BCUT2D eigenvalue weighted by atomic mass is 16.3. The first-order valence-electron chi connectivity index (χ1n) is 5.99. The van der Waals surface area contributed by atoms with Crippen LogP contribution in [0.4, 0.5) is 0 Å². The van der Waals surface area contributed by atoms with Crippen LogP contribution in [0.5, 0.6) is 0 Å². The molecule has 0 radical (unpaired) electrons. The van der Waals surface area contributed by atoms with Crippen molar-refractivity contribution in [3.05, 3.63) is 35.9 Å². The zero-order chi connectivity index (χ0) is 11.5. The van der Waals surface area contributed by atoms with Crippen LogP contribution in [0.2, 0.25) is 0 Å². The molecule has 0 amide bonds. The van der Waals surface area contributed by atoms with Crippen LogP contribution < -0.4 is 0 Å². The third-order valence-electron chi connectivity index (χ3n) is 3.65. The minimum absolute atomic E-state index is 0.188. The topological polar surface area (TPSA) is 37.3 Å². The lowest BCUT2D eigenvalue weighted by molar-refractivity contribution is -0.124. The number of carbonyl (C=O) groups excluding carboxylic acids is 1. The van der Waals surface area contributed by atoms with Crippen LogP contribution in [-0.2, 0) is 4.79 Å². The maximum atomic E-state index is 11.8. The van der Waals surface area contributed by atoms with E-state index in [1.807, 2.05) is 30.3 Å². The summed E-state index contributed by atoms with van der Waals surface area (Å²) in [6.45, 7) is 2.09. The van der Waals surface area contributed by atoms with E-state index in [1.165, 1.54) is 0 Å². The fraction of sp³-hybridized carbons (Fsp3) is 0.500. The molecule has 0 bridgehead atoms. The van der Waals surface area contributed by atoms with E-state index < -0.39 is 6.10 Å². The molecule has 1 aromatic carbocycles. The van der Waals surface area contributed by atoms with Gasteiger partial charge in [-0.05, 0) is 17.9 Å². The van der Waals surface area contributed by atoms with Gasteiger partial charge in [0.25, 0.3) is 0 Å². The van der Waals surface area contributed by atoms with Gasteiger partial charge in [-0.2, -0.15) is 0 Å². The summed E-state index contributed by atoms with van der Waals surface area (Å²) in [7, 11) is 0. The zero-order valence-corrected chi connectivity index (χ0v) is 9.60. The lowest BCUT2D eigenvalue weighted by Crippen LogP contribution is -2.22. The predicted octanol–water partition coefficient (Wildman–Crippen LogP) is 2.73. The van der Waals surface area contributed by atoms with Gasteiger partial charge >= 0.3 is 0 Å². The molecule has 0 unspecified atom stereocenters. The Kier molecular flexibility index (Phi) is 3.39. The van der Waals surface area contributed by atoms with E-state index in [2.05, 4.69) is 6.92 Å². The molecule has 0 spiro atoms. The number of aliphatic hydroxyl groups is 1. The van der Waals surface area contributed by atoms with Gasteiger partial charge in [-0.15, -0.1) is 0 Å². The van der Waals surface area contributed by atoms with E-state index in [0.29, 0.717) is 12.3 Å². The molecule has 16 heavy (non-hydrogen) atoms. The van der Waals surface area contributed by atoms with Crippen LogP contribution in [0.15, 0.2) is 30.3 Å². The minimum atomic E-state index is -0.624. The first-order valence-corrected chi connectivity index (χ1v) is 5.99. The van der Waals surface area contributed by atoms with E-state index >= 15 is 0 Å². The first-order chi connectivity index (χ1) is 7.74. The highest BCUT2D eigenvalue weighted by Gasteiger charge is 2.38. The molecule has 0 aromatic heterocycles. The molecule has 0 saturated heterocycles. The van der Waals surface area contributed by atoms with Crippen molar-refractivity contribution in [3.8, 4) is 0 Å². The smallest absolute Gasteiger partial charge is 0.139 e. The van der Waals surface area contributed by atoms with Gasteiger partial charge in [-0.1, -0.05) is 43.7 Å². The molecule has 1 saturated carbocycles. The highest BCUT2D eigenvalue weighted by Crippen LogP contribution is 2.39. The maximum absolute atomic E-state index is 11.8. The largest absolute Gasteiger partial charge is 0.388 e. The van der Waals surface area contributed by atoms with Gasteiger partial charge in [0.1, 0.15) is 5.78 Å². The second-order valence-electron chi connectivity index (χ2n) is 4.55. The minimum Gasteiger partial charge on any atom is -0.388 e. The molecular formula is C14H18O2. The Balaban J connectivity index is 2.20. The van der Waals surface area contributed by atoms with Crippen molar-refractivity contribution < 1.29 is 9.90 Å². The number of aliphatic hydroxyl groups excluding tert-OH is 1.